The molecule has 122 valence electrons. The predicted molar refractivity (Wildman–Crippen MR) is 65.7 cm³/mol. The fourth-order valence-corrected chi connectivity index (χ4v) is 53.7. The third-order valence-corrected chi connectivity index (χ3v) is 52.0. The first-order valence-corrected chi connectivity index (χ1v) is 27.6. The van der Waals surface area contributed by atoms with E-state index < -0.39 is 100 Å². The summed E-state index contributed by atoms with van der Waals surface area (Å²) < 4.78 is 25.9. The van der Waals surface area contributed by atoms with Crippen molar-refractivity contribution in [3.63, 3.8) is 0 Å². The van der Waals surface area contributed by atoms with E-state index in [0.29, 0.717) is 6.42 Å². The van der Waals surface area contributed by atoms with Crippen LogP contribution in [0.2, 0.25) is 0 Å². The summed E-state index contributed by atoms with van der Waals surface area (Å²) in [6.45, 7) is 5.53. The van der Waals surface area contributed by atoms with E-state index in [-0.39, 0.29) is 23.9 Å². The van der Waals surface area contributed by atoms with E-state index in [9.17, 15) is 19.2 Å². The second kappa shape index (κ2) is 12.5. The molecular weight excluding hydrogens is 1090 g/mol. The molecule has 0 N–H and O–H groups in total. The van der Waals surface area contributed by atoms with Crippen LogP contribution >= 0.6 is 0 Å². The van der Waals surface area contributed by atoms with Crippen LogP contribution in [0, 0.1) is 0 Å². The molecular formula is C13H14Hg4O8. The minimum atomic E-state index is -2.17. The van der Waals surface area contributed by atoms with E-state index in [1.54, 1.807) is 0 Å². The molecule has 0 saturated heterocycles. The fourth-order valence-electron chi connectivity index (χ4n) is 2.28. The summed E-state index contributed by atoms with van der Waals surface area (Å²) in [7, 11) is 0. The van der Waals surface area contributed by atoms with E-state index in [1.165, 1.54) is 27.7 Å². The Balaban J connectivity index is 3.07. The Morgan fingerprint density at radius 1 is 0.600 bits per heavy atom. The normalized spacial score (nSPS) is 12.3. The van der Waals surface area contributed by atoms with Crippen LogP contribution in [0.3, 0.4) is 0 Å². The SMILES string of the molecule is CC(=O)[O][Hg][C]1=[C]([Hg][O]C(C)=O)[C]([Hg][O]C(C)=O)=[C]([Hg][O]C(C)=O)C1. The maximum atomic E-state index is 11.2. The summed E-state index contributed by atoms with van der Waals surface area (Å²) in [5.41, 5.74) is 0. The first-order chi connectivity index (χ1) is 11.7. The monoisotopic (exact) mass is 1110 g/mol. The predicted octanol–water partition coefficient (Wildman–Crippen LogP) is 1.06. The van der Waals surface area contributed by atoms with E-state index >= 15 is 0 Å². The molecule has 0 aromatic carbocycles. The Morgan fingerprint density at radius 2 is 0.880 bits per heavy atom. The quantitative estimate of drug-likeness (QED) is 0.333. The molecule has 1 aliphatic rings. The van der Waals surface area contributed by atoms with E-state index in [4.69, 9.17) is 10.6 Å². The average Bonchev–Trinajstić information content (AvgIpc) is 2.83. The summed E-state index contributed by atoms with van der Waals surface area (Å²) in [6, 6.07) is 0. The zero-order valence-corrected chi connectivity index (χ0v) is 36.8. The zero-order chi connectivity index (χ0) is 19.0. The fraction of sp³-hybridized carbons (Fsp3) is 0.385. The van der Waals surface area contributed by atoms with Crippen molar-refractivity contribution >= 4 is 23.9 Å². The van der Waals surface area contributed by atoms with E-state index in [0.717, 1.165) is 12.3 Å². The van der Waals surface area contributed by atoms with Crippen LogP contribution in [-0.4, -0.2) is 23.9 Å². The van der Waals surface area contributed by atoms with Crippen molar-refractivity contribution in [2.75, 3.05) is 0 Å². The number of rotatable bonds is 8. The van der Waals surface area contributed by atoms with Crippen molar-refractivity contribution in [2.45, 2.75) is 34.1 Å². The molecule has 1 rings (SSSR count). The van der Waals surface area contributed by atoms with Crippen LogP contribution in [0.5, 0.6) is 0 Å². The van der Waals surface area contributed by atoms with Crippen molar-refractivity contribution in [2.24, 2.45) is 0 Å². The third kappa shape index (κ3) is 9.73. The van der Waals surface area contributed by atoms with Crippen LogP contribution in [0.1, 0.15) is 34.1 Å². The van der Waals surface area contributed by atoms with Gasteiger partial charge in [-0.05, 0) is 0 Å². The van der Waals surface area contributed by atoms with Gasteiger partial charge in [-0.25, -0.2) is 0 Å². The minimum absolute atomic E-state index is 0.290. The van der Waals surface area contributed by atoms with Gasteiger partial charge >= 0.3 is 200 Å². The Kier molecular flexibility index (Phi) is 12.1. The van der Waals surface area contributed by atoms with Crippen LogP contribution in [0.25, 0.3) is 0 Å². The molecule has 0 heterocycles. The molecule has 0 radical (unpaired) electrons. The standard InChI is InChI=1S/C5H2.4C2H4O2.4Hg/c1-2-4-5-3-1;4*1-2(3)4;;;;/h1H2;4*1H3,(H,3,4);;;;/q;;;;;4*+1/p-4. The molecule has 0 aliphatic heterocycles. The summed E-state index contributed by atoms with van der Waals surface area (Å²) in [5, 5.41) is 0. The van der Waals surface area contributed by atoms with Gasteiger partial charge in [0.05, 0.1) is 0 Å². The Morgan fingerprint density at radius 3 is 1.16 bits per heavy atom. The van der Waals surface area contributed by atoms with Crippen LogP contribution in [0.15, 0.2) is 12.3 Å². The van der Waals surface area contributed by atoms with E-state index in [2.05, 4.69) is 0 Å². The molecule has 0 saturated carbocycles. The van der Waals surface area contributed by atoms with Gasteiger partial charge in [-0.2, -0.15) is 0 Å². The van der Waals surface area contributed by atoms with Crippen molar-refractivity contribution in [1.29, 1.82) is 0 Å². The van der Waals surface area contributed by atoms with Gasteiger partial charge in [-0.3, -0.25) is 0 Å². The molecule has 0 bridgehead atoms. The van der Waals surface area contributed by atoms with Crippen LogP contribution in [-0.2, 0) is 130 Å². The molecule has 1 aliphatic carbocycles. The van der Waals surface area contributed by atoms with Gasteiger partial charge in [-0.1, -0.05) is 0 Å². The molecule has 0 atom stereocenters. The van der Waals surface area contributed by atoms with Gasteiger partial charge in [0.1, 0.15) is 0 Å². The van der Waals surface area contributed by atoms with Gasteiger partial charge in [0.15, 0.2) is 0 Å². The maximum absolute atomic E-state index is 11.2. The second-order valence-electron chi connectivity index (χ2n) is 5.46. The topological polar surface area (TPSA) is 105 Å². The number of carbonyl (C=O) groups is 4. The Labute approximate surface area is 197 Å². The van der Waals surface area contributed by atoms with Gasteiger partial charge in [0, 0.05) is 0 Å². The van der Waals surface area contributed by atoms with Gasteiger partial charge < -0.3 is 0 Å². The van der Waals surface area contributed by atoms with Crippen molar-refractivity contribution in [3.8, 4) is 0 Å². The molecule has 0 aromatic heterocycles. The number of allylic oxidation sites excluding steroid dienone is 4. The summed E-state index contributed by atoms with van der Waals surface area (Å²) in [5.74, 6) is -1.19. The molecule has 0 amide bonds. The first kappa shape index (κ1) is 24.1. The summed E-state index contributed by atoms with van der Waals surface area (Å²) in [6.07, 6.45) is 0.677. The molecule has 25 heavy (non-hydrogen) atoms. The molecule has 0 unspecified atom stereocenters. The summed E-state index contributed by atoms with van der Waals surface area (Å²) >= 11 is -8.48. The molecule has 0 fully saturated rings. The number of hydrogen-bond acceptors (Lipinski definition) is 8. The molecule has 0 aromatic rings. The van der Waals surface area contributed by atoms with Crippen LogP contribution < -0.4 is 0 Å². The molecule has 8 nitrogen and oxygen atoms in total. The Hall–Kier alpha value is 1.10. The van der Waals surface area contributed by atoms with Gasteiger partial charge in [0.2, 0.25) is 0 Å². The van der Waals surface area contributed by atoms with Gasteiger partial charge in [-0.15, -0.1) is 0 Å². The molecule has 0 spiro atoms. The van der Waals surface area contributed by atoms with Crippen molar-refractivity contribution < 1.29 is 130 Å². The van der Waals surface area contributed by atoms with Gasteiger partial charge in [0.25, 0.3) is 0 Å². The van der Waals surface area contributed by atoms with E-state index in [1.807, 2.05) is 0 Å². The Bertz CT molecular complexity index is 586. The third-order valence-electron chi connectivity index (χ3n) is 3.38. The van der Waals surface area contributed by atoms with Crippen molar-refractivity contribution in [3.05, 3.63) is 12.3 Å². The zero-order valence-electron chi connectivity index (χ0n) is 14.8. The second-order valence-corrected chi connectivity index (χ2v) is 26.6. The number of carbonyl (C=O) groups excluding carboxylic acids is 4. The first-order valence-electron chi connectivity index (χ1n) is 7.66. The molecule has 12 heteroatoms. The number of hydrogen-bond donors (Lipinski definition) is 0. The average molecular weight is 1100 g/mol. The van der Waals surface area contributed by atoms with Crippen LogP contribution in [0.4, 0.5) is 0 Å². The summed E-state index contributed by atoms with van der Waals surface area (Å²) in [4.78, 5) is 44.9. The van der Waals surface area contributed by atoms with Crippen molar-refractivity contribution in [1.82, 2.24) is 0 Å².